The molecule has 2 aromatic heterocycles. The molecule has 0 aliphatic carbocycles. The van der Waals surface area contributed by atoms with Crippen molar-refractivity contribution in [2.75, 3.05) is 26.2 Å². The topological polar surface area (TPSA) is 91.4 Å². The lowest BCUT2D eigenvalue weighted by Crippen LogP contribution is -2.48. The summed E-state index contributed by atoms with van der Waals surface area (Å²) in [6.45, 7) is 6.97. The SMILES string of the molecule is CC(C)Oc1cccc(CN2CCN(S(=O)(=O)c3cn[nH]c3-c3ccncc3)CC2)c1. The van der Waals surface area contributed by atoms with Gasteiger partial charge in [0.25, 0.3) is 0 Å². The van der Waals surface area contributed by atoms with Crippen molar-refractivity contribution >= 4 is 10.0 Å². The van der Waals surface area contributed by atoms with Gasteiger partial charge in [0.15, 0.2) is 0 Å². The van der Waals surface area contributed by atoms with Gasteiger partial charge in [0.05, 0.1) is 18.0 Å². The molecule has 0 saturated carbocycles. The molecule has 1 N–H and O–H groups in total. The van der Waals surface area contributed by atoms with Gasteiger partial charge in [0.2, 0.25) is 10.0 Å². The lowest BCUT2D eigenvalue weighted by atomic mass is 10.2. The highest BCUT2D eigenvalue weighted by Gasteiger charge is 2.31. The summed E-state index contributed by atoms with van der Waals surface area (Å²) >= 11 is 0. The predicted molar refractivity (Wildman–Crippen MR) is 118 cm³/mol. The second kappa shape index (κ2) is 9.17. The van der Waals surface area contributed by atoms with E-state index < -0.39 is 10.0 Å². The summed E-state index contributed by atoms with van der Waals surface area (Å²) in [4.78, 5) is 6.45. The van der Waals surface area contributed by atoms with Crippen LogP contribution in [0.5, 0.6) is 5.75 Å². The van der Waals surface area contributed by atoms with Gasteiger partial charge in [-0.1, -0.05) is 12.1 Å². The van der Waals surface area contributed by atoms with Crippen LogP contribution in [0.2, 0.25) is 0 Å². The molecule has 0 radical (unpaired) electrons. The van der Waals surface area contributed by atoms with Crippen molar-refractivity contribution in [2.45, 2.75) is 31.4 Å². The maximum Gasteiger partial charge on any atom is 0.246 e. The van der Waals surface area contributed by atoms with E-state index in [0.29, 0.717) is 31.9 Å². The van der Waals surface area contributed by atoms with E-state index in [4.69, 9.17) is 4.74 Å². The monoisotopic (exact) mass is 441 g/mol. The summed E-state index contributed by atoms with van der Waals surface area (Å²) in [6.07, 6.45) is 4.78. The van der Waals surface area contributed by atoms with Crippen LogP contribution in [0.1, 0.15) is 19.4 Å². The molecule has 0 spiro atoms. The molecule has 1 aliphatic heterocycles. The first kappa shape index (κ1) is 21.5. The van der Waals surface area contributed by atoms with Gasteiger partial charge in [0.1, 0.15) is 10.6 Å². The van der Waals surface area contributed by atoms with E-state index in [-0.39, 0.29) is 11.0 Å². The number of aromatic nitrogens is 3. The van der Waals surface area contributed by atoms with E-state index in [1.165, 1.54) is 10.5 Å². The lowest BCUT2D eigenvalue weighted by Gasteiger charge is -2.34. The average Bonchev–Trinajstić information content (AvgIpc) is 3.26. The highest BCUT2D eigenvalue weighted by Crippen LogP contribution is 2.27. The summed E-state index contributed by atoms with van der Waals surface area (Å²) in [7, 11) is -3.64. The standard InChI is InChI=1S/C22H27N5O3S/c1-17(2)30-20-5-3-4-18(14-20)16-26-10-12-27(13-11-26)31(28,29)21-15-24-25-22(21)19-6-8-23-9-7-19/h3-9,14-15,17H,10-13,16H2,1-2H3,(H,24,25). The van der Waals surface area contributed by atoms with Crippen molar-refractivity contribution in [3.8, 4) is 17.0 Å². The molecule has 8 nitrogen and oxygen atoms in total. The van der Waals surface area contributed by atoms with Crippen molar-refractivity contribution in [1.82, 2.24) is 24.4 Å². The number of nitrogens with one attached hydrogen (secondary N) is 1. The van der Waals surface area contributed by atoms with Crippen LogP contribution < -0.4 is 4.74 Å². The van der Waals surface area contributed by atoms with Gasteiger partial charge in [-0.15, -0.1) is 0 Å². The maximum atomic E-state index is 13.3. The Kier molecular flexibility index (Phi) is 6.35. The van der Waals surface area contributed by atoms with E-state index >= 15 is 0 Å². The number of hydrogen-bond donors (Lipinski definition) is 1. The normalized spacial score (nSPS) is 16.0. The molecule has 1 aliphatic rings. The van der Waals surface area contributed by atoms with E-state index in [1.807, 2.05) is 26.0 Å². The van der Waals surface area contributed by atoms with Crippen molar-refractivity contribution in [3.63, 3.8) is 0 Å². The number of H-pyrrole nitrogens is 1. The first-order valence-electron chi connectivity index (χ1n) is 10.4. The second-order valence-electron chi connectivity index (χ2n) is 7.84. The van der Waals surface area contributed by atoms with Crippen molar-refractivity contribution in [2.24, 2.45) is 0 Å². The molecule has 3 heterocycles. The van der Waals surface area contributed by atoms with Gasteiger partial charge in [-0.25, -0.2) is 8.42 Å². The fraction of sp³-hybridized carbons (Fsp3) is 0.364. The molecule has 31 heavy (non-hydrogen) atoms. The average molecular weight is 442 g/mol. The fourth-order valence-corrected chi connectivity index (χ4v) is 5.24. The molecule has 9 heteroatoms. The van der Waals surface area contributed by atoms with Gasteiger partial charge >= 0.3 is 0 Å². The minimum atomic E-state index is -3.64. The number of nitrogens with zero attached hydrogens (tertiary/aromatic N) is 4. The number of piperazine rings is 1. The Hall–Kier alpha value is -2.75. The van der Waals surface area contributed by atoms with Gasteiger partial charge in [-0.3, -0.25) is 15.0 Å². The lowest BCUT2D eigenvalue weighted by molar-refractivity contribution is 0.181. The predicted octanol–water partition coefficient (Wildman–Crippen LogP) is 2.77. The van der Waals surface area contributed by atoms with E-state index in [9.17, 15) is 8.42 Å². The quantitative estimate of drug-likeness (QED) is 0.606. The number of hydrogen-bond acceptors (Lipinski definition) is 6. The summed E-state index contributed by atoms with van der Waals surface area (Å²) < 4.78 is 33.9. The minimum Gasteiger partial charge on any atom is -0.491 e. The van der Waals surface area contributed by atoms with Crippen LogP contribution in [0, 0.1) is 0 Å². The molecule has 164 valence electrons. The molecule has 0 amide bonds. The van der Waals surface area contributed by atoms with Crippen molar-refractivity contribution in [1.29, 1.82) is 0 Å². The zero-order valence-electron chi connectivity index (χ0n) is 17.7. The molecular weight excluding hydrogens is 414 g/mol. The molecule has 0 unspecified atom stereocenters. The van der Waals surface area contributed by atoms with E-state index in [2.05, 4.69) is 32.2 Å². The second-order valence-corrected chi connectivity index (χ2v) is 9.75. The van der Waals surface area contributed by atoms with E-state index in [0.717, 1.165) is 23.4 Å². The van der Waals surface area contributed by atoms with Crippen molar-refractivity contribution in [3.05, 3.63) is 60.6 Å². The Labute approximate surface area is 182 Å². The Morgan fingerprint density at radius 1 is 1.10 bits per heavy atom. The number of aromatic amines is 1. The highest BCUT2D eigenvalue weighted by atomic mass is 32.2. The number of sulfonamides is 1. The van der Waals surface area contributed by atoms with Crippen LogP contribution in [0.4, 0.5) is 0 Å². The van der Waals surface area contributed by atoms with Gasteiger partial charge in [-0.05, 0) is 43.7 Å². The summed E-state index contributed by atoms with van der Waals surface area (Å²) in [6, 6.07) is 11.6. The van der Waals surface area contributed by atoms with Crippen LogP contribution in [-0.4, -0.2) is 65.1 Å². The Morgan fingerprint density at radius 3 is 2.55 bits per heavy atom. The molecule has 0 atom stereocenters. The van der Waals surface area contributed by atoms with E-state index in [1.54, 1.807) is 24.5 Å². The molecule has 3 aromatic rings. The summed E-state index contributed by atoms with van der Waals surface area (Å²) in [5, 5.41) is 6.81. The Balaban J connectivity index is 1.42. The highest BCUT2D eigenvalue weighted by molar-refractivity contribution is 7.89. The fourth-order valence-electron chi connectivity index (χ4n) is 3.71. The van der Waals surface area contributed by atoms with Gasteiger partial charge in [-0.2, -0.15) is 9.40 Å². The van der Waals surface area contributed by atoms with Gasteiger partial charge < -0.3 is 4.74 Å². The Bertz CT molecular complexity index is 1110. The Morgan fingerprint density at radius 2 is 1.84 bits per heavy atom. The minimum absolute atomic E-state index is 0.129. The number of ether oxygens (including phenoxy) is 1. The van der Waals surface area contributed by atoms with Crippen LogP contribution in [0.15, 0.2) is 59.9 Å². The van der Waals surface area contributed by atoms with Crippen LogP contribution in [0.3, 0.4) is 0 Å². The number of rotatable bonds is 7. The molecule has 4 rings (SSSR count). The zero-order chi connectivity index (χ0) is 21.8. The summed E-state index contributed by atoms with van der Waals surface area (Å²) in [5.74, 6) is 0.859. The smallest absolute Gasteiger partial charge is 0.246 e. The summed E-state index contributed by atoms with van der Waals surface area (Å²) in [5.41, 5.74) is 2.39. The zero-order valence-corrected chi connectivity index (χ0v) is 18.5. The third-order valence-corrected chi connectivity index (χ3v) is 7.11. The van der Waals surface area contributed by atoms with Crippen molar-refractivity contribution < 1.29 is 13.2 Å². The first-order valence-corrected chi connectivity index (χ1v) is 11.8. The first-order chi connectivity index (χ1) is 14.9. The van der Waals surface area contributed by atoms with Gasteiger partial charge in [0, 0.05) is 50.7 Å². The molecular formula is C22H27N5O3S. The number of pyridine rings is 1. The molecule has 0 bridgehead atoms. The number of benzene rings is 1. The third-order valence-electron chi connectivity index (χ3n) is 5.20. The maximum absolute atomic E-state index is 13.3. The van der Waals surface area contributed by atoms with Crippen LogP contribution in [0.25, 0.3) is 11.3 Å². The van der Waals surface area contributed by atoms with Crippen LogP contribution >= 0.6 is 0 Å². The molecule has 1 saturated heterocycles. The molecule has 1 aromatic carbocycles. The molecule has 1 fully saturated rings. The third kappa shape index (κ3) is 4.95. The van der Waals surface area contributed by atoms with Crippen LogP contribution in [-0.2, 0) is 16.6 Å². The largest absolute Gasteiger partial charge is 0.491 e.